The van der Waals surface area contributed by atoms with Crippen LogP contribution in [0, 0.1) is 0 Å². The van der Waals surface area contributed by atoms with E-state index < -0.39 is 5.97 Å². The summed E-state index contributed by atoms with van der Waals surface area (Å²) in [5, 5.41) is 15.4. The average molecular weight is 273 g/mol. The lowest BCUT2D eigenvalue weighted by atomic mass is 10.0. The Kier molecular flexibility index (Phi) is 4.14. The number of carboxylic acids is 1. The van der Waals surface area contributed by atoms with Gasteiger partial charge < -0.3 is 10.0 Å². The van der Waals surface area contributed by atoms with E-state index in [1.54, 1.807) is 36.2 Å². The minimum Gasteiger partial charge on any atom is -0.478 e. The number of benzene rings is 1. The maximum absolute atomic E-state index is 12.0. The number of aromatic nitrogens is 2. The van der Waals surface area contributed by atoms with E-state index in [2.05, 4.69) is 10.2 Å². The summed E-state index contributed by atoms with van der Waals surface area (Å²) >= 11 is 0. The van der Waals surface area contributed by atoms with Crippen molar-refractivity contribution in [3.05, 3.63) is 53.3 Å². The van der Waals surface area contributed by atoms with Crippen LogP contribution in [0.25, 0.3) is 0 Å². The van der Waals surface area contributed by atoms with E-state index in [9.17, 15) is 9.59 Å². The minimum atomic E-state index is -0.954. The fourth-order valence-corrected chi connectivity index (χ4v) is 1.92. The molecule has 1 heterocycles. The number of aromatic carboxylic acids is 1. The molecule has 6 heteroatoms. The van der Waals surface area contributed by atoms with E-state index >= 15 is 0 Å². The fourth-order valence-electron chi connectivity index (χ4n) is 1.92. The number of hydrogen-bond acceptors (Lipinski definition) is 3. The molecule has 1 amide bonds. The van der Waals surface area contributed by atoms with Crippen LogP contribution in [-0.2, 0) is 6.42 Å². The largest absolute Gasteiger partial charge is 0.478 e. The average Bonchev–Trinajstić information content (AvgIpc) is 2.98. The summed E-state index contributed by atoms with van der Waals surface area (Å²) in [5.41, 5.74) is 1.47. The number of rotatable bonds is 5. The van der Waals surface area contributed by atoms with E-state index in [0.29, 0.717) is 24.1 Å². The zero-order chi connectivity index (χ0) is 14.5. The van der Waals surface area contributed by atoms with Crippen molar-refractivity contribution >= 4 is 11.9 Å². The Morgan fingerprint density at radius 2 is 2.10 bits per heavy atom. The highest BCUT2D eigenvalue weighted by Crippen LogP contribution is 2.10. The van der Waals surface area contributed by atoms with Crippen molar-refractivity contribution in [1.29, 1.82) is 0 Å². The first kappa shape index (κ1) is 13.8. The van der Waals surface area contributed by atoms with Gasteiger partial charge in [0, 0.05) is 19.8 Å². The zero-order valence-corrected chi connectivity index (χ0v) is 11.0. The number of nitrogens with one attached hydrogen (secondary N) is 1. The van der Waals surface area contributed by atoms with Crippen molar-refractivity contribution in [2.45, 2.75) is 6.42 Å². The topological polar surface area (TPSA) is 86.3 Å². The van der Waals surface area contributed by atoms with Crippen molar-refractivity contribution in [2.24, 2.45) is 0 Å². The summed E-state index contributed by atoms with van der Waals surface area (Å²) in [6, 6.07) is 6.81. The van der Waals surface area contributed by atoms with Crippen LogP contribution in [0.2, 0.25) is 0 Å². The third-order valence-corrected chi connectivity index (χ3v) is 3.06. The molecule has 0 bridgehead atoms. The Hall–Kier alpha value is -2.63. The van der Waals surface area contributed by atoms with Crippen LogP contribution in [0.15, 0.2) is 36.7 Å². The second-order valence-corrected chi connectivity index (χ2v) is 4.43. The molecule has 6 nitrogen and oxygen atoms in total. The molecule has 0 aliphatic carbocycles. The van der Waals surface area contributed by atoms with E-state index in [1.165, 1.54) is 12.4 Å². The van der Waals surface area contributed by atoms with Gasteiger partial charge in [0.1, 0.15) is 0 Å². The number of likely N-dealkylation sites (N-methyl/N-ethyl adjacent to an activating group) is 1. The molecule has 0 atom stereocenters. The van der Waals surface area contributed by atoms with Gasteiger partial charge in [0.05, 0.1) is 17.3 Å². The van der Waals surface area contributed by atoms with Gasteiger partial charge in [-0.1, -0.05) is 18.2 Å². The maximum Gasteiger partial charge on any atom is 0.335 e. The summed E-state index contributed by atoms with van der Waals surface area (Å²) in [5.74, 6) is -1.10. The van der Waals surface area contributed by atoms with E-state index in [4.69, 9.17) is 5.11 Å². The Morgan fingerprint density at radius 3 is 2.75 bits per heavy atom. The molecule has 2 N–H and O–H groups in total. The smallest absolute Gasteiger partial charge is 0.335 e. The Balaban J connectivity index is 2.02. The molecular formula is C14H15N3O3. The number of carbonyl (C=O) groups is 2. The molecule has 2 aromatic rings. The number of nitrogens with zero attached hydrogens (tertiary/aromatic N) is 2. The molecule has 0 saturated heterocycles. The highest BCUT2D eigenvalue weighted by atomic mass is 16.4. The lowest BCUT2D eigenvalue weighted by molar-refractivity contribution is 0.0695. The summed E-state index contributed by atoms with van der Waals surface area (Å²) in [4.78, 5) is 24.6. The minimum absolute atomic E-state index is 0.147. The van der Waals surface area contributed by atoms with Gasteiger partial charge in [0.15, 0.2) is 0 Å². The van der Waals surface area contributed by atoms with Gasteiger partial charge in [0.25, 0.3) is 5.91 Å². The molecule has 0 radical (unpaired) electrons. The monoisotopic (exact) mass is 273 g/mol. The van der Waals surface area contributed by atoms with Gasteiger partial charge in [-0.15, -0.1) is 0 Å². The van der Waals surface area contributed by atoms with Gasteiger partial charge >= 0.3 is 5.97 Å². The van der Waals surface area contributed by atoms with Crippen molar-refractivity contribution in [1.82, 2.24) is 15.1 Å². The van der Waals surface area contributed by atoms with Crippen LogP contribution < -0.4 is 0 Å². The van der Waals surface area contributed by atoms with Gasteiger partial charge in [0.2, 0.25) is 0 Å². The van der Waals surface area contributed by atoms with Crippen LogP contribution >= 0.6 is 0 Å². The quantitative estimate of drug-likeness (QED) is 0.862. The number of carboxylic acid groups (broad SMARTS) is 1. The number of hydrogen-bond donors (Lipinski definition) is 2. The lowest BCUT2D eigenvalue weighted by Crippen LogP contribution is -2.28. The standard InChI is InChI=1S/C14H15N3O3/c1-17(13(18)11-8-15-16-9-11)7-6-10-4-2-3-5-12(10)14(19)20/h2-5,8-9H,6-7H2,1H3,(H,15,16)(H,19,20). The molecule has 0 spiro atoms. The summed E-state index contributed by atoms with van der Waals surface area (Å²) in [6.07, 6.45) is 3.48. The molecule has 104 valence electrons. The SMILES string of the molecule is CN(CCc1ccccc1C(=O)O)C(=O)c1cn[nH]c1. The van der Waals surface area contributed by atoms with Crippen molar-refractivity contribution in [3.63, 3.8) is 0 Å². The summed E-state index contributed by atoms with van der Waals surface area (Å²) < 4.78 is 0. The molecule has 1 aromatic carbocycles. The Bertz CT molecular complexity index is 608. The molecule has 0 fully saturated rings. The second-order valence-electron chi connectivity index (χ2n) is 4.43. The normalized spacial score (nSPS) is 10.2. The lowest BCUT2D eigenvalue weighted by Gasteiger charge is -2.16. The molecule has 0 unspecified atom stereocenters. The molecule has 0 aliphatic rings. The van der Waals surface area contributed by atoms with E-state index in [1.807, 2.05) is 0 Å². The van der Waals surface area contributed by atoms with Crippen LogP contribution in [-0.4, -0.2) is 45.7 Å². The number of H-pyrrole nitrogens is 1. The Labute approximate surface area is 116 Å². The van der Waals surface area contributed by atoms with Gasteiger partial charge in [-0.05, 0) is 18.1 Å². The third kappa shape index (κ3) is 3.03. The van der Waals surface area contributed by atoms with Crippen LogP contribution in [0.5, 0.6) is 0 Å². The molecular weight excluding hydrogens is 258 g/mol. The summed E-state index contributed by atoms with van der Waals surface area (Å²) in [7, 11) is 1.68. The zero-order valence-electron chi connectivity index (χ0n) is 11.0. The third-order valence-electron chi connectivity index (χ3n) is 3.06. The number of carbonyl (C=O) groups excluding carboxylic acids is 1. The Morgan fingerprint density at radius 1 is 1.35 bits per heavy atom. The first-order valence-corrected chi connectivity index (χ1v) is 6.15. The van der Waals surface area contributed by atoms with Crippen molar-refractivity contribution in [3.8, 4) is 0 Å². The van der Waals surface area contributed by atoms with Crippen LogP contribution in [0.1, 0.15) is 26.3 Å². The molecule has 0 aliphatic heterocycles. The predicted octanol–water partition coefficient (Wildman–Crippen LogP) is 1.42. The predicted molar refractivity (Wildman–Crippen MR) is 72.7 cm³/mol. The summed E-state index contributed by atoms with van der Waals surface area (Å²) in [6.45, 7) is 0.439. The second kappa shape index (κ2) is 6.01. The first-order chi connectivity index (χ1) is 9.59. The van der Waals surface area contributed by atoms with E-state index in [-0.39, 0.29) is 11.5 Å². The van der Waals surface area contributed by atoms with E-state index in [0.717, 1.165) is 0 Å². The molecule has 2 rings (SSSR count). The van der Waals surface area contributed by atoms with Gasteiger partial charge in [-0.3, -0.25) is 9.89 Å². The molecule has 20 heavy (non-hydrogen) atoms. The molecule has 0 saturated carbocycles. The van der Waals surface area contributed by atoms with Crippen LogP contribution in [0.4, 0.5) is 0 Å². The number of aromatic amines is 1. The van der Waals surface area contributed by atoms with Crippen molar-refractivity contribution < 1.29 is 14.7 Å². The molecule has 1 aromatic heterocycles. The highest BCUT2D eigenvalue weighted by Gasteiger charge is 2.14. The van der Waals surface area contributed by atoms with Crippen molar-refractivity contribution in [2.75, 3.05) is 13.6 Å². The van der Waals surface area contributed by atoms with Crippen LogP contribution in [0.3, 0.4) is 0 Å². The van der Waals surface area contributed by atoms with Gasteiger partial charge in [-0.2, -0.15) is 5.10 Å². The number of amides is 1. The maximum atomic E-state index is 12.0. The van der Waals surface area contributed by atoms with Gasteiger partial charge in [-0.25, -0.2) is 4.79 Å². The first-order valence-electron chi connectivity index (χ1n) is 6.15. The highest BCUT2D eigenvalue weighted by molar-refractivity contribution is 5.93. The fraction of sp³-hybridized carbons (Fsp3) is 0.214.